The number of fused-ring (bicyclic) bond motifs is 1. The van der Waals surface area contributed by atoms with Gasteiger partial charge < -0.3 is 11.1 Å². The summed E-state index contributed by atoms with van der Waals surface area (Å²) in [7, 11) is 0. The first-order chi connectivity index (χ1) is 14.5. The normalized spacial score (nSPS) is 11.9. The third-order valence-corrected chi connectivity index (χ3v) is 5.66. The molecular formula is C21H17N5O3S. The number of Topliss-reactive ketones (excluding diaryl/α,β-unsaturated/α-hetero) is 1. The highest BCUT2D eigenvalue weighted by atomic mass is 32.1. The summed E-state index contributed by atoms with van der Waals surface area (Å²) < 4.78 is 2.60. The quantitative estimate of drug-likeness (QED) is 0.443. The van der Waals surface area contributed by atoms with Gasteiger partial charge in [-0.3, -0.25) is 23.9 Å². The van der Waals surface area contributed by atoms with Crippen molar-refractivity contribution in [1.82, 2.24) is 19.9 Å². The fourth-order valence-corrected chi connectivity index (χ4v) is 4.16. The molecule has 0 saturated heterocycles. The summed E-state index contributed by atoms with van der Waals surface area (Å²) in [4.78, 5) is 45.0. The van der Waals surface area contributed by atoms with E-state index in [9.17, 15) is 14.4 Å². The Morgan fingerprint density at radius 2 is 1.93 bits per heavy atom. The molecular weight excluding hydrogens is 402 g/mol. The summed E-state index contributed by atoms with van der Waals surface area (Å²) in [6.07, 6.45) is 6.21. The van der Waals surface area contributed by atoms with E-state index in [1.165, 1.54) is 23.9 Å². The van der Waals surface area contributed by atoms with Crippen molar-refractivity contribution in [1.29, 1.82) is 0 Å². The summed E-state index contributed by atoms with van der Waals surface area (Å²) in [6.45, 7) is 0. The van der Waals surface area contributed by atoms with Gasteiger partial charge in [0, 0.05) is 17.3 Å². The Balaban J connectivity index is 1.62. The average molecular weight is 419 g/mol. The number of hydrogen-bond donors (Lipinski definition) is 2. The zero-order valence-electron chi connectivity index (χ0n) is 15.7. The zero-order valence-corrected chi connectivity index (χ0v) is 16.5. The lowest BCUT2D eigenvalue weighted by Crippen LogP contribution is -2.47. The van der Waals surface area contributed by atoms with Crippen LogP contribution in [-0.2, 0) is 16.0 Å². The molecule has 1 atom stereocenters. The lowest BCUT2D eigenvalue weighted by molar-refractivity contribution is -0.137. The number of imidazole rings is 1. The molecule has 0 spiro atoms. The second kappa shape index (κ2) is 8.26. The topological polar surface area (TPSA) is 120 Å². The molecule has 1 unspecified atom stereocenters. The Morgan fingerprint density at radius 1 is 1.10 bits per heavy atom. The highest BCUT2D eigenvalue weighted by Crippen LogP contribution is 2.26. The van der Waals surface area contributed by atoms with Crippen molar-refractivity contribution < 1.29 is 14.4 Å². The van der Waals surface area contributed by atoms with Gasteiger partial charge in [-0.1, -0.05) is 18.2 Å². The molecule has 3 heterocycles. The first-order valence-electron chi connectivity index (χ1n) is 9.07. The fourth-order valence-electron chi connectivity index (χ4n) is 3.19. The smallest absolute Gasteiger partial charge is 0.287 e. The molecule has 0 aliphatic rings. The van der Waals surface area contributed by atoms with Gasteiger partial charge >= 0.3 is 0 Å². The summed E-state index contributed by atoms with van der Waals surface area (Å²) in [5.74, 6) is -2.50. The number of thiophene rings is 1. The van der Waals surface area contributed by atoms with Crippen molar-refractivity contribution in [2.24, 2.45) is 5.73 Å². The van der Waals surface area contributed by atoms with Gasteiger partial charge in [-0.25, -0.2) is 4.98 Å². The molecule has 0 aliphatic heterocycles. The summed E-state index contributed by atoms with van der Waals surface area (Å²) in [5, 5.41) is 5.53. The number of primary amides is 1. The summed E-state index contributed by atoms with van der Waals surface area (Å²) in [6, 6.07) is 10.1. The molecule has 2 amide bonds. The van der Waals surface area contributed by atoms with Crippen LogP contribution < -0.4 is 11.1 Å². The lowest BCUT2D eigenvalue weighted by atomic mass is 10.0. The highest BCUT2D eigenvalue weighted by molar-refractivity contribution is 7.17. The predicted molar refractivity (Wildman–Crippen MR) is 112 cm³/mol. The molecule has 1 aromatic carbocycles. The minimum Gasteiger partial charge on any atom is -0.363 e. The predicted octanol–water partition coefficient (Wildman–Crippen LogP) is 1.88. The average Bonchev–Trinajstić information content (AvgIpc) is 3.41. The van der Waals surface area contributed by atoms with Crippen LogP contribution in [0.4, 0.5) is 0 Å². The van der Waals surface area contributed by atoms with Crippen molar-refractivity contribution >= 4 is 39.0 Å². The van der Waals surface area contributed by atoms with Crippen LogP contribution in [0.25, 0.3) is 15.8 Å². The number of benzene rings is 1. The van der Waals surface area contributed by atoms with Crippen LogP contribution in [0, 0.1) is 0 Å². The first-order valence-corrected chi connectivity index (χ1v) is 9.95. The molecule has 4 aromatic rings. The number of ketones is 1. The standard InChI is InChI=1S/C21H17N5O3S/c22-20(28)19(27)16(8-13-11-30-18-6-2-1-5-15(13)18)25-21(29)17-10-24-12-26(17)14-4-3-7-23-9-14/h1-7,9-12,16H,8H2,(H2,22,28)(H,25,29). The number of aromatic nitrogens is 3. The number of pyridine rings is 1. The maximum absolute atomic E-state index is 12.9. The van der Waals surface area contributed by atoms with Crippen molar-refractivity contribution in [3.8, 4) is 5.69 Å². The SMILES string of the molecule is NC(=O)C(=O)C(Cc1csc2ccccc12)NC(=O)c1cncn1-c1cccnc1. The molecule has 3 aromatic heterocycles. The highest BCUT2D eigenvalue weighted by Gasteiger charge is 2.28. The lowest BCUT2D eigenvalue weighted by Gasteiger charge is -2.16. The minimum absolute atomic E-state index is 0.151. The van der Waals surface area contributed by atoms with Gasteiger partial charge in [-0.05, 0) is 34.5 Å². The van der Waals surface area contributed by atoms with Crippen molar-refractivity contribution in [3.05, 3.63) is 78.0 Å². The molecule has 4 rings (SSSR count). The van der Waals surface area contributed by atoms with E-state index in [1.54, 1.807) is 29.1 Å². The maximum atomic E-state index is 12.9. The molecule has 0 saturated carbocycles. The first kappa shape index (κ1) is 19.5. The molecule has 150 valence electrons. The van der Waals surface area contributed by atoms with Crippen LogP contribution in [0.1, 0.15) is 16.1 Å². The van der Waals surface area contributed by atoms with E-state index in [0.29, 0.717) is 5.69 Å². The number of hydrogen-bond acceptors (Lipinski definition) is 6. The summed E-state index contributed by atoms with van der Waals surface area (Å²) >= 11 is 1.53. The maximum Gasteiger partial charge on any atom is 0.287 e. The Labute approximate surface area is 175 Å². The van der Waals surface area contributed by atoms with Crippen molar-refractivity contribution in [2.45, 2.75) is 12.5 Å². The molecule has 0 radical (unpaired) electrons. The molecule has 8 nitrogen and oxygen atoms in total. The van der Waals surface area contributed by atoms with Crippen LogP contribution in [0.2, 0.25) is 0 Å². The second-order valence-electron chi connectivity index (χ2n) is 6.58. The van der Waals surface area contributed by atoms with Crippen LogP contribution in [0.15, 0.2) is 66.7 Å². The minimum atomic E-state index is -1.10. The van der Waals surface area contributed by atoms with Gasteiger partial charge in [0.15, 0.2) is 0 Å². The second-order valence-corrected chi connectivity index (χ2v) is 7.49. The molecule has 9 heteroatoms. The van der Waals surface area contributed by atoms with Crippen LogP contribution >= 0.6 is 11.3 Å². The largest absolute Gasteiger partial charge is 0.363 e. The van der Waals surface area contributed by atoms with E-state index in [-0.39, 0.29) is 12.1 Å². The molecule has 0 bridgehead atoms. The van der Waals surface area contributed by atoms with E-state index in [2.05, 4.69) is 15.3 Å². The van der Waals surface area contributed by atoms with Crippen LogP contribution in [0.3, 0.4) is 0 Å². The van der Waals surface area contributed by atoms with Gasteiger partial charge in [0.2, 0.25) is 5.78 Å². The van der Waals surface area contributed by atoms with E-state index in [0.717, 1.165) is 15.6 Å². The molecule has 0 aliphatic carbocycles. The Kier molecular flexibility index (Phi) is 5.36. The zero-order chi connectivity index (χ0) is 21.1. The van der Waals surface area contributed by atoms with E-state index in [4.69, 9.17) is 5.73 Å². The number of carbonyl (C=O) groups excluding carboxylic acids is 3. The third-order valence-electron chi connectivity index (χ3n) is 4.65. The molecule has 0 fully saturated rings. The monoisotopic (exact) mass is 419 g/mol. The molecule has 30 heavy (non-hydrogen) atoms. The summed E-state index contributed by atoms with van der Waals surface area (Å²) in [5.41, 5.74) is 6.94. The van der Waals surface area contributed by atoms with Gasteiger partial charge in [0.25, 0.3) is 11.8 Å². The number of nitrogens with two attached hydrogens (primary N) is 1. The molecule has 3 N–H and O–H groups in total. The number of carbonyl (C=O) groups is 3. The number of nitrogens with one attached hydrogen (secondary N) is 1. The number of rotatable bonds is 7. The Hall–Kier alpha value is -3.85. The van der Waals surface area contributed by atoms with E-state index >= 15 is 0 Å². The van der Waals surface area contributed by atoms with Gasteiger partial charge in [0.05, 0.1) is 24.4 Å². The fraction of sp³-hybridized carbons (Fsp3) is 0.0952. The van der Waals surface area contributed by atoms with Gasteiger partial charge in [0.1, 0.15) is 11.7 Å². The van der Waals surface area contributed by atoms with Crippen molar-refractivity contribution in [2.75, 3.05) is 0 Å². The van der Waals surface area contributed by atoms with Crippen LogP contribution in [0.5, 0.6) is 0 Å². The van der Waals surface area contributed by atoms with Gasteiger partial charge in [-0.15, -0.1) is 11.3 Å². The van der Waals surface area contributed by atoms with Crippen LogP contribution in [-0.4, -0.2) is 38.2 Å². The van der Waals surface area contributed by atoms with E-state index in [1.807, 2.05) is 29.6 Å². The van der Waals surface area contributed by atoms with Crippen molar-refractivity contribution in [3.63, 3.8) is 0 Å². The number of nitrogens with zero attached hydrogens (tertiary/aromatic N) is 3. The third kappa shape index (κ3) is 3.83. The number of amides is 2. The Morgan fingerprint density at radius 3 is 2.70 bits per heavy atom. The van der Waals surface area contributed by atoms with Gasteiger partial charge in [-0.2, -0.15) is 0 Å². The van der Waals surface area contributed by atoms with E-state index < -0.39 is 23.6 Å². The Bertz CT molecular complexity index is 1230.